The first-order valence-electron chi connectivity index (χ1n) is 8.26. The average molecular weight is 298 g/mol. The van der Waals surface area contributed by atoms with Crippen LogP contribution in [0, 0.1) is 0 Å². The van der Waals surface area contributed by atoms with E-state index in [1.54, 1.807) is 0 Å². The van der Waals surface area contributed by atoms with Crippen molar-refractivity contribution in [3.63, 3.8) is 0 Å². The zero-order valence-corrected chi connectivity index (χ0v) is 13.6. The number of nitrogens with zero attached hydrogens (tertiary/aromatic N) is 3. The van der Waals surface area contributed by atoms with Gasteiger partial charge in [0, 0.05) is 43.3 Å². The van der Waals surface area contributed by atoms with E-state index < -0.39 is 0 Å². The summed E-state index contributed by atoms with van der Waals surface area (Å²) in [5, 5.41) is 3.37. The molecule has 0 radical (unpaired) electrons. The molecular weight excluding hydrogens is 272 g/mol. The Kier molecular flexibility index (Phi) is 6.68. The van der Waals surface area contributed by atoms with Crippen LogP contribution >= 0.6 is 0 Å². The molecule has 1 aromatic heterocycles. The van der Waals surface area contributed by atoms with Crippen molar-refractivity contribution in [2.45, 2.75) is 39.7 Å². The van der Waals surface area contributed by atoms with E-state index in [0.717, 1.165) is 36.8 Å². The fourth-order valence-electron chi connectivity index (χ4n) is 2.46. The molecule has 0 unspecified atom stereocenters. The topological polar surface area (TPSA) is 41.1 Å². The Hall–Kier alpha value is -2.10. The number of piperidine rings is 1. The highest BCUT2D eigenvalue weighted by Gasteiger charge is 2.12. The molecule has 1 saturated heterocycles. The van der Waals surface area contributed by atoms with E-state index in [9.17, 15) is 0 Å². The zero-order valence-electron chi connectivity index (χ0n) is 13.6. The maximum Gasteiger partial charge on any atom is 0.225 e. The molecule has 2 heterocycles. The summed E-state index contributed by atoms with van der Waals surface area (Å²) < 4.78 is 0. The third-order valence-corrected chi connectivity index (χ3v) is 3.60. The second kappa shape index (κ2) is 9.03. The van der Waals surface area contributed by atoms with Crippen LogP contribution in [0.4, 0.5) is 11.6 Å². The summed E-state index contributed by atoms with van der Waals surface area (Å²) in [5.74, 6) is 0.869. The fourth-order valence-corrected chi connectivity index (χ4v) is 2.46. The second-order valence-electron chi connectivity index (χ2n) is 5.16. The van der Waals surface area contributed by atoms with Crippen LogP contribution in [0.15, 0.2) is 42.7 Å². The van der Waals surface area contributed by atoms with Crippen molar-refractivity contribution in [3.8, 4) is 0 Å². The monoisotopic (exact) mass is 298 g/mol. The third kappa shape index (κ3) is 4.72. The molecule has 4 nitrogen and oxygen atoms in total. The molecule has 3 rings (SSSR count). The van der Waals surface area contributed by atoms with Crippen LogP contribution in [0.2, 0.25) is 0 Å². The molecule has 22 heavy (non-hydrogen) atoms. The number of para-hydroxylation sites is 1. The van der Waals surface area contributed by atoms with E-state index in [1.165, 1.54) is 19.3 Å². The van der Waals surface area contributed by atoms with Crippen molar-refractivity contribution < 1.29 is 0 Å². The predicted octanol–water partition coefficient (Wildman–Crippen LogP) is 4.11. The van der Waals surface area contributed by atoms with Crippen molar-refractivity contribution in [3.05, 3.63) is 48.3 Å². The van der Waals surface area contributed by atoms with E-state index in [4.69, 9.17) is 0 Å². The summed E-state index contributed by atoms with van der Waals surface area (Å²) in [6.07, 6.45) is 7.68. The van der Waals surface area contributed by atoms with E-state index in [0.29, 0.717) is 0 Å². The van der Waals surface area contributed by atoms with Gasteiger partial charge in [-0.05, 0) is 31.4 Å². The SMILES string of the molecule is CC.c1ccc(NCc2cnc(N3CCCCC3)nc2)cc1. The maximum absolute atomic E-state index is 4.49. The highest BCUT2D eigenvalue weighted by molar-refractivity contribution is 5.43. The lowest BCUT2D eigenvalue weighted by Gasteiger charge is -2.26. The minimum Gasteiger partial charge on any atom is -0.381 e. The van der Waals surface area contributed by atoms with Crippen molar-refractivity contribution in [1.82, 2.24) is 9.97 Å². The van der Waals surface area contributed by atoms with E-state index >= 15 is 0 Å². The standard InChI is InChI=1S/C16H20N4.C2H6/c1-3-7-15(8-4-1)17-11-14-12-18-16(19-13-14)20-9-5-2-6-10-20;1-2/h1,3-4,7-8,12-13,17H,2,5-6,9-11H2;1-2H3. The maximum atomic E-state index is 4.49. The molecule has 1 N–H and O–H groups in total. The second-order valence-corrected chi connectivity index (χ2v) is 5.16. The van der Waals surface area contributed by atoms with Crippen LogP contribution in [-0.4, -0.2) is 23.1 Å². The van der Waals surface area contributed by atoms with Gasteiger partial charge in [-0.15, -0.1) is 0 Å². The summed E-state index contributed by atoms with van der Waals surface area (Å²) in [4.78, 5) is 11.3. The molecular formula is C18H26N4. The van der Waals surface area contributed by atoms with E-state index in [1.807, 2.05) is 44.4 Å². The van der Waals surface area contributed by atoms with Crippen molar-refractivity contribution in [2.75, 3.05) is 23.3 Å². The van der Waals surface area contributed by atoms with Gasteiger partial charge in [0.1, 0.15) is 0 Å². The van der Waals surface area contributed by atoms with Crippen molar-refractivity contribution >= 4 is 11.6 Å². The Labute approximate surface area is 133 Å². The molecule has 0 bridgehead atoms. The van der Waals surface area contributed by atoms with Gasteiger partial charge in [0.25, 0.3) is 0 Å². The summed E-state index contributed by atoms with van der Waals surface area (Å²) in [5.41, 5.74) is 2.22. The van der Waals surface area contributed by atoms with Gasteiger partial charge >= 0.3 is 0 Å². The van der Waals surface area contributed by atoms with Crippen molar-refractivity contribution in [1.29, 1.82) is 0 Å². The molecule has 0 amide bonds. The van der Waals surface area contributed by atoms with Crippen LogP contribution in [0.25, 0.3) is 0 Å². The van der Waals surface area contributed by atoms with Crippen LogP contribution in [0.5, 0.6) is 0 Å². The van der Waals surface area contributed by atoms with Gasteiger partial charge < -0.3 is 10.2 Å². The fraction of sp³-hybridized carbons (Fsp3) is 0.444. The number of aromatic nitrogens is 2. The number of anilines is 2. The third-order valence-electron chi connectivity index (χ3n) is 3.60. The predicted molar refractivity (Wildman–Crippen MR) is 93.2 cm³/mol. The smallest absolute Gasteiger partial charge is 0.225 e. The number of hydrogen-bond acceptors (Lipinski definition) is 4. The summed E-state index contributed by atoms with van der Waals surface area (Å²) >= 11 is 0. The van der Waals surface area contributed by atoms with E-state index in [2.05, 4.69) is 32.3 Å². The Morgan fingerprint density at radius 1 is 0.955 bits per heavy atom. The van der Waals surface area contributed by atoms with Crippen molar-refractivity contribution in [2.24, 2.45) is 0 Å². The first-order chi connectivity index (χ1) is 10.9. The lowest BCUT2D eigenvalue weighted by Crippen LogP contribution is -2.30. The van der Waals surface area contributed by atoms with Gasteiger partial charge in [0.15, 0.2) is 0 Å². The highest BCUT2D eigenvalue weighted by Crippen LogP contribution is 2.15. The van der Waals surface area contributed by atoms with Gasteiger partial charge in [-0.3, -0.25) is 0 Å². The molecule has 0 atom stereocenters. The lowest BCUT2D eigenvalue weighted by molar-refractivity contribution is 0.568. The summed E-state index contributed by atoms with van der Waals surface area (Å²) in [6.45, 7) is 6.92. The zero-order chi connectivity index (χ0) is 15.6. The quantitative estimate of drug-likeness (QED) is 0.922. The van der Waals surface area contributed by atoms with Crippen LogP contribution in [-0.2, 0) is 6.54 Å². The number of nitrogens with one attached hydrogen (secondary N) is 1. The Morgan fingerprint density at radius 3 is 2.23 bits per heavy atom. The highest BCUT2D eigenvalue weighted by atomic mass is 15.2. The normalized spacial score (nSPS) is 14.0. The van der Waals surface area contributed by atoms with Crippen LogP contribution < -0.4 is 10.2 Å². The molecule has 1 aliphatic heterocycles. The van der Waals surface area contributed by atoms with E-state index in [-0.39, 0.29) is 0 Å². The molecule has 1 aliphatic rings. The minimum atomic E-state index is 0.754. The number of benzene rings is 1. The average Bonchev–Trinajstić information content (AvgIpc) is 2.64. The molecule has 0 aliphatic carbocycles. The summed E-state index contributed by atoms with van der Waals surface area (Å²) in [6, 6.07) is 10.2. The number of hydrogen-bond donors (Lipinski definition) is 1. The van der Waals surface area contributed by atoms with Gasteiger partial charge in [0.05, 0.1) is 0 Å². The first-order valence-corrected chi connectivity index (χ1v) is 8.26. The first kappa shape index (κ1) is 16.3. The molecule has 4 heteroatoms. The largest absolute Gasteiger partial charge is 0.381 e. The van der Waals surface area contributed by atoms with Crippen LogP contribution in [0.1, 0.15) is 38.7 Å². The Morgan fingerprint density at radius 2 is 1.59 bits per heavy atom. The number of rotatable bonds is 4. The molecule has 118 valence electrons. The molecule has 0 saturated carbocycles. The van der Waals surface area contributed by atoms with Gasteiger partial charge in [-0.25, -0.2) is 9.97 Å². The minimum absolute atomic E-state index is 0.754. The molecule has 1 aromatic carbocycles. The Balaban J connectivity index is 0.000000847. The molecule has 0 spiro atoms. The lowest BCUT2D eigenvalue weighted by atomic mass is 10.1. The molecule has 1 fully saturated rings. The molecule has 2 aromatic rings. The summed E-state index contributed by atoms with van der Waals surface area (Å²) in [7, 11) is 0. The van der Waals surface area contributed by atoms with Crippen LogP contribution in [0.3, 0.4) is 0 Å². The van der Waals surface area contributed by atoms with Gasteiger partial charge in [-0.2, -0.15) is 0 Å². The Bertz CT molecular complexity index is 519. The van der Waals surface area contributed by atoms with Gasteiger partial charge in [-0.1, -0.05) is 32.0 Å². The van der Waals surface area contributed by atoms with Gasteiger partial charge in [0.2, 0.25) is 5.95 Å².